The van der Waals surface area contributed by atoms with Crippen molar-refractivity contribution in [3.05, 3.63) is 83.4 Å². The summed E-state index contributed by atoms with van der Waals surface area (Å²) in [5, 5.41) is 9.28. The highest BCUT2D eigenvalue weighted by molar-refractivity contribution is 5.88. The normalized spacial score (nSPS) is 12.0. The first-order valence-corrected chi connectivity index (χ1v) is 7.52. The summed E-state index contributed by atoms with van der Waals surface area (Å²) in [6.45, 7) is 0. The van der Waals surface area contributed by atoms with Crippen molar-refractivity contribution in [3.8, 4) is 17.4 Å². The molecular weight excluding hydrogens is 346 g/mol. The monoisotopic (exact) mass is 357 g/mol. The Labute approximate surface area is 146 Å². The van der Waals surface area contributed by atoms with Crippen molar-refractivity contribution in [3.63, 3.8) is 0 Å². The zero-order valence-corrected chi connectivity index (χ0v) is 13.2. The van der Waals surface area contributed by atoms with Crippen LogP contribution in [0.15, 0.2) is 65.1 Å². The fourth-order valence-electron chi connectivity index (χ4n) is 2.39. The fourth-order valence-corrected chi connectivity index (χ4v) is 2.39. The molecule has 2 nitrogen and oxygen atoms in total. The van der Waals surface area contributed by atoms with Crippen LogP contribution in [0.3, 0.4) is 0 Å². The van der Waals surface area contributed by atoms with E-state index in [2.05, 4.69) is 0 Å². The molecule has 0 N–H and O–H groups in total. The summed E-state index contributed by atoms with van der Waals surface area (Å²) in [6.07, 6.45) is -2.99. The molecule has 0 saturated carbocycles. The van der Waals surface area contributed by atoms with Gasteiger partial charge in [-0.3, -0.25) is 0 Å². The third kappa shape index (κ3) is 3.83. The average Bonchev–Trinajstić information content (AvgIpc) is 3.09. The molecule has 0 bridgehead atoms. The van der Waals surface area contributed by atoms with Crippen molar-refractivity contribution in [1.82, 2.24) is 0 Å². The van der Waals surface area contributed by atoms with Crippen LogP contribution in [-0.2, 0) is 6.18 Å². The summed E-state index contributed by atoms with van der Waals surface area (Å²) in [7, 11) is 0. The average molecular weight is 357 g/mol. The lowest BCUT2D eigenvalue weighted by molar-refractivity contribution is -0.137. The number of allylic oxidation sites excluding steroid dienone is 1. The number of halogens is 4. The molecule has 0 spiro atoms. The van der Waals surface area contributed by atoms with Gasteiger partial charge in [0.25, 0.3) is 0 Å². The highest BCUT2D eigenvalue weighted by Crippen LogP contribution is 2.33. The molecule has 0 saturated heterocycles. The van der Waals surface area contributed by atoms with Gasteiger partial charge in [0.15, 0.2) is 0 Å². The lowest BCUT2D eigenvalue weighted by Crippen LogP contribution is -2.04. The number of nitriles is 1. The summed E-state index contributed by atoms with van der Waals surface area (Å²) >= 11 is 0. The van der Waals surface area contributed by atoms with Crippen LogP contribution in [-0.4, -0.2) is 0 Å². The van der Waals surface area contributed by atoms with Crippen LogP contribution >= 0.6 is 0 Å². The number of hydrogen-bond donors (Lipinski definition) is 0. The molecule has 130 valence electrons. The van der Waals surface area contributed by atoms with Crippen LogP contribution in [0.1, 0.15) is 16.9 Å². The van der Waals surface area contributed by atoms with E-state index < -0.39 is 17.6 Å². The Hall–Kier alpha value is -3.33. The van der Waals surface area contributed by atoms with E-state index in [9.17, 15) is 22.8 Å². The van der Waals surface area contributed by atoms with Crippen LogP contribution in [0.4, 0.5) is 17.6 Å². The van der Waals surface area contributed by atoms with Gasteiger partial charge in [-0.05, 0) is 48.0 Å². The molecule has 0 unspecified atom stereocenters. The van der Waals surface area contributed by atoms with E-state index in [1.54, 1.807) is 6.07 Å². The molecular formula is C20H11F4NO. The van der Waals surface area contributed by atoms with Gasteiger partial charge in [-0.1, -0.05) is 24.3 Å². The molecule has 1 aromatic heterocycles. The topological polar surface area (TPSA) is 36.9 Å². The van der Waals surface area contributed by atoms with Crippen LogP contribution in [0, 0.1) is 17.1 Å². The largest absolute Gasteiger partial charge is 0.457 e. The second-order valence-corrected chi connectivity index (χ2v) is 5.46. The minimum Gasteiger partial charge on any atom is -0.457 e. The zero-order chi connectivity index (χ0) is 18.7. The van der Waals surface area contributed by atoms with Crippen molar-refractivity contribution in [2.75, 3.05) is 0 Å². The highest BCUT2D eigenvalue weighted by Gasteiger charge is 2.30. The third-order valence-corrected chi connectivity index (χ3v) is 3.66. The first-order chi connectivity index (χ1) is 12.4. The summed E-state index contributed by atoms with van der Waals surface area (Å²) in [5.41, 5.74) is 0.258. The standard InChI is InChI=1S/C20H11F4NO/c21-17-6-4-13(5-7-17)15(12-25)11-18-8-9-19(26-18)14-2-1-3-16(10-14)20(22,23)24/h1-11H. The van der Waals surface area contributed by atoms with Crippen molar-refractivity contribution in [1.29, 1.82) is 5.26 Å². The third-order valence-electron chi connectivity index (χ3n) is 3.66. The maximum atomic E-state index is 13.0. The van der Waals surface area contributed by atoms with Gasteiger partial charge in [0.1, 0.15) is 17.3 Å². The van der Waals surface area contributed by atoms with Crippen molar-refractivity contribution in [2.24, 2.45) is 0 Å². The summed E-state index contributed by atoms with van der Waals surface area (Å²) < 4.78 is 57.0. The van der Waals surface area contributed by atoms with Gasteiger partial charge in [-0.15, -0.1) is 0 Å². The first-order valence-electron chi connectivity index (χ1n) is 7.52. The molecule has 0 aliphatic heterocycles. The summed E-state index contributed by atoms with van der Waals surface area (Å²) in [4.78, 5) is 0. The van der Waals surface area contributed by atoms with Crippen molar-refractivity contribution >= 4 is 11.6 Å². The van der Waals surface area contributed by atoms with E-state index >= 15 is 0 Å². The molecule has 0 atom stereocenters. The van der Waals surface area contributed by atoms with E-state index in [4.69, 9.17) is 4.42 Å². The molecule has 0 fully saturated rings. The quantitative estimate of drug-likeness (QED) is 0.415. The number of benzene rings is 2. The lowest BCUT2D eigenvalue weighted by atomic mass is 10.1. The van der Waals surface area contributed by atoms with E-state index in [-0.39, 0.29) is 16.9 Å². The predicted octanol–water partition coefficient (Wildman–Crippen LogP) is 6.17. The Kier molecular flexibility index (Phi) is 4.63. The number of alkyl halides is 3. The molecule has 0 radical (unpaired) electrons. The van der Waals surface area contributed by atoms with Gasteiger partial charge in [0.2, 0.25) is 0 Å². The number of nitrogens with zero attached hydrogens (tertiary/aromatic N) is 1. The van der Waals surface area contributed by atoms with Crippen molar-refractivity contribution < 1.29 is 22.0 Å². The number of hydrogen-bond acceptors (Lipinski definition) is 2. The Morgan fingerprint density at radius 1 is 1.00 bits per heavy atom. The molecule has 2 aromatic carbocycles. The fraction of sp³-hybridized carbons (Fsp3) is 0.0500. The minimum atomic E-state index is -4.44. The number of furan rings is 1. The minimum absolute atomic E-state index is 0.245. The number of rotatable bonds is 3. The Morgan fingerprint density at radius 3 is 2.38 bits per heavy atom. The maximum Gasteiger partial charge on any atom is 0.416 e. The lowest BCUT2D eigenvalue weighted by Gasteiger charge is -2.07. The molecule has 26 heavy (non-hydrogen) atoms. The SMILES string of the molecule is N#CC(=Cc1ccc(-c2cccc(C(F)(F)F)c2)o1)c1ccc(F)cc1. The van der Waals surface area contributed by atoms with Gasteiger partial charge in [0.05, 0.1) is 17.2 Å². The van der Waals surface area contributed by atoms with Gasteiger partial charge in [-0.2, -0.15) is 18.4 Å². The van der Waals surface area contributed by atoms with Gasteiger partial charge in [-0.25, -0.2) is 4.39 Å². The van der Waals surface area contributed by atoms with E-state index in [0.717, 1.165) is 12.1 Å². The van der Waals surface area contributed by atoms with Crippen LogP contribution in [0.2, 0.25) is 0 Å². The highest BCUT2D eigenvalue weighted by atomic mass is 19.4. The van der Waals surface area contributed by atoms with Crippen molar-refractivity contribution in [2.45, 2.75) is 6.18 Å². The molecule has 0 amide bonds. The molecule has 3 rings (SSSR count). The van der Waals surface area contributed by atoms with Gasteiger partial charge < -0.3 is 4.42 Å². The van der Waals surface area contributed by atoms with Gasteiger partial charge in [0, 0.05) is 5.56 Å². The Morgan fingerprint density at radius 2 is 1.73 bits per heavy atom. The van der Waals surface area contributed by atoms with Crippen LogP contribution in [0.25, 0.3) is 23.0 Å². The molecule has 6 heteroatoms. The second kappa shape index (κ2) is 6.89. The summed E-state index contributed by atoms with van der Waals surface area (Å²) in [6, 6.07) is 15.2. The molecule has 3 aromatic rings. The van der Waals surface area contributed by atoms with E-state index in [1.807, 2.05) is 6.07 Å². The Bertz CT molecular complexity index is 992. The molecule has 0 aliphatic carbocycles. The molecule has 0 aliphatic rings. The van der Waals surface area contributed by atoms with Crippen LogP contribution in [0.5, 0.6) is 0 Å². The van der Waals surface area contributed by atoms with E-state index in [0.29, 0.717) is 11.3 Å². The Balaban J connectivity index is 1.92. The molecule has 1 heterocycles. The van der Waals surface area contributed by atoms with Crippen LogP contribution < -0.4 is 0 Å². The zero-order valence-electron chi connectivity index (χ0n) is 13.2. The second-order valence-electron chi connectivity index (χ2n) is 5.46. The van der Waals surface area contributed by atoms with E-state index in [1.165, 1.54) is 48.5 Å². The first kappa shape index (κ1) is 17.5. The van der Waals surface area contributed by atoms with Gasteiger partial charge >= 0.3 is 6.18 Å². The smallest absolute Gasteiger partial charge is 0.416 e. The summed E-state index contributed by atoms with van der Waals surface area (Å²) in [5.74, 6) is 0.132. The maximum absolute atomic E-state index is 13.0. The predicted molar refractivity (Wildman–Crippen MR) is 89.0 cm³/mol.